The molecule has 2 aliphatic rings. The topological polar surface area (TPSA) is 38.9 Å². The van der Waals surface area contributed by atoms with Crippen molar-refractivity contribution in [2.75, 3.05) is 6.54 Å². The van der Waals surface area contributed by atoms with Crippen molar-refractivity contribution in [2.24, 2.45) is 11.7 Å². The van der Waals surface area contributed by atoms with Crippen LogP contribution in [-0.2, 0) is 0 Å². The van der Waals surface area contributed by atoms with Gasteiger partial charge in [-0.15, -0.1) is 11.3 Å². The maximum atomic E-state index is 5.62. The Bertz CT molecular complexity index is 316. The summed E-state index contributed by atoms with van der Waals surface area (Å²) in [5.41, 5.74) is 6.94. The van der Waals surface area contributed by atoms with E-state index in [-0.39, 0.29) is 0 Å². The van der Waals surface area contributed by atoms with E-state index in [2.05, 4.69) is 5.38 Å². The Morgan fingerprint density at radius 1 is 1.54 bits per heavy atom. The molecule has 1 aromatic heterocycles. The predicted octanol–water partition coefficient (Wildman–Crippen LogP) is 2.08. The highest BCUT2D eigenvalue weighted by Crippen LogP contribution is 2.49. The molecular formula is C10H14N2S. The molecule has 3 rings (SSSR count). The monoisotopic (exact) mass is 194 g/mol. The Balaban J connectivity index is 1.75. The van der Waals surface area contributed by atoms with Crippen LogP contribution in [0.15, 0.2) is 5.38 Å². The molecule has 70 valence electrons. The molecule has 0 saturated heterocycles. The van der Waals surface area contributed by atoms with Gasteiger partial charge in [-0.2, -0.15) is 0 Å². The number of hydrogen-bond donors (Lipinski definition) is 1. The van der Waals surface area contributed by atoms with Crippen LogP contribution >= 0.6 is 11.3 Å². The maximum absolute atomic E-state index is 5.62. The lowest BCUT2D eigenvalue weighted by atomic mass is 10.2. The largest absolute Gasteiger partial charge is 0.330 e. The summed E-state index contributed by atoms with van der Waals surface area (Å²) in [6.45, 7) is 0.834. The van der Waals surface area contributed by atoms with E-state index >= 15 is 0 Å². The molecule has 0 amide bonds. The van der Waals surface area contributed by atoms with Crippen LogP contribution in [0.3, 0.4) is 0 Å². The van der Waals surface area contributed by atoms with Gasteiger partial charge in [-0.25, -0.2) is 4.98 Å². The Hall–Kier alpha value is -0.410. The molecule has 2 saturated carbocycles. The number of thiazole rings is 1. The van der Waals surface area contributed by atoms with Gasteiger partial charge in [0.05, 0.1) is 10.7 Å². The molecule has 0 aromatic carbocycles. The number of hydrogen-bond acceptors (Lipinski definition) is 3. The van der Waals surface area contributed by atoms with Crippen molar-refractivity contribution in [1.82, 2.24) is 4.98 Å². The molecule has 0 bridgehead atoms. The molecule has 2 fully saturated rings. The molecule has 2 atom stereocenters. The first kappa shape index (κ1) is 7.94. The van der Waals surface area contributed by atoms with Gasteiger partial charge in [0.2, 0.25) is 0 Å². The van der Waals surface area contributed by atoms with Crippen LogP contribution in [-0.4, -0.2) is 11.5 Å². The molecule has 2 N–H and O–H groups in total. The van der Waals surface area contributed by atoms with Gasteiger partial charge in [0.25, 0.3) is 0 Å². The normalized spacial score (nSPS) is 32.1. The second-order valence-corrected chi connectivity index (χ2v) is 5.11. The molecule has 0 aliphatic heterocycles. The molecule has 13 heavy (non-hydrogen) atoms. The molecule has 1 aromatic rings. The molecule has 2 nitrogen and oxygen atoms in total. The number of nitrogens with two attached hydrogens (primary N) is 1. The van der Waals surface area contributed by atoms with Crippen molar-refractivity contribution in [3.8, 4) is 0 Å². The van der Waals surface area contributed by atoms with Gasteiger partial charge in [0.1, 0.15) is 0 Å². The second-order valence-electron chi connectivity index (χ2n) is 4.22. The van der Waals surface area contributed by atoms with Crippen molar-refractivity contribution in [3.05, 3.63) is 16.1 Å². The average molecular weight is 194 g/mol. The first-order valence-corrected chi connectivity index (χ1v) is 5.92. The van der Waals surface area contributed by atoms with Crippen LogP contribution < -0.4 is 5.73 Å². The van der Waals surface area contributed by atoms with Gasteiger partial charge in [0.15, 0.2) is 0 Å². The number of rotatable bonds is 3. The van der Waals surface area contributed by atoms with Crippen molar-refractivity contribution >= 4 is 11.3 Å². The van der Waals surface area contributed by atoms with Gasteiger partial charge in [-0.05, 0) is 31.7 Å². The van der Waals surface area contributed by atoms with Gasteiger partial charge in [-0.3, -0.25) is 0 Å². The molecule has 1 heterocycles. The highest BCUT2D eigenvalue weighted by atomic mass is 32.1. The number of aromatic nitrogens is 1. The van der Waals surface area contributed by atoms with Crippen LogP contribution in [0.25, 0.3) is 0 Å². The van der Waals surface area contributed by atoms with Gasteiger partial charge >= 0.3 is 0 Å². The van der Waals surface area contributed by atoms with Crippen molar-refractivity contribution < 1.29 is 0 Å². The molecule has 0 radical (unpaired) electrons. The van der Waals surface area contributed by atoms with E-state index in [1.54, 1.807) is 0 Å². The Kier molecular flexibility index (Phi) is 1.70. The summed E-state index contributed by atoms with van der Waals surface area (Å²) >= 11 is 1.85. The SMILES string of the molecule is NCC1CC1c1csc(C2CC2)n1. The third kappa shape index (κ3) is 1.40. The fourth-order valence-corrected chi connectivity index (χ4v) is 2.91. The summed E-state index contributed by atoms with van der Waals surface area (Å²) in [4.78, 5) is 4.70. The van der Waals surface area contributed by atoms with E-state index < -0.39 is 0 Å². The first-order valence-electron chi connectivity index (χ1n) is 5.04. The van der Waals surface area contributed by atoms with E-state index in [4.69, 9.17) is 10.7 Å². The number of nitrogens with zero attached hydrogens (tertiary/aromatic N) is 1. The van der Waals surface area contributed by atoms with Crippen molar-refractivity contribution in [1.29, 1.82) is 0 Å². The Morgan fingerprint density at radius 3 is 3.00 bits per heavy atom. The third-order valence-electron chi connectivity index (χ3n) is 3.07. The Morgan fingerprint density at radius 2 is 2.38 bits per heavy atom. The molecule has 3 heteroatoms. The predicted molar refractivity (Wildman–Crippen MR) is 54.0 cm³/mol. The Labute approximate surface area is 82.2 Å². The second kappa shape index (κ2) is 2.79. The molecule has 2 unspecified atom stereocenters. The minimum Gasteiger partial charge on any atom is -0.330 e. The molecular weight excluding hydrogens is 180 g/mol. The minimum atomic E-state index is 0.703. The zero-order valence-corrected chi connectivity index (χ0v) is 8.39. The maximum Gasteiger partial charge on any atom is 0.0959 e. The quantitative estimate of drug-likeness (QED) is 0.800. The molecule has 2 aliphatic carbocycles. The van der Waals surface area contributed by atoms with E-state index in [9.17, 15) is 0 Å². The standard InChI is InChI=1S/C10H14N2S/c11-4-7-3-8(7)9-5-13-10(12-9)6-1-2-6/h5-8H,1-4,11H2. The lowest BCUT2D eigenvalue weighted by molar-refractivity contribution is 0.797. The minimum absolute atomic E-state index is 0.703. The van der Waals surface area contributed by atoms with Gasteiger partial charge in [0, 0.05) is 17.2 Å². The van der Waals surface area contributed by atoms with Crippen LogP contribution in [0.1, 0.15) is 41.8 Å². The highest BCUT2D eigenvalue weighted by Gasteiger charge is 2.39. The lowest BCUT2D eigenvalue weighted by Gasteiger charge is -1.91. The van der Waals surface area contributed by atoms with Crippen LogP contribution in [0.4, 0.5) is 0 Å². The smallest absolute Gasteiger partial charge is 0.0959 e. The summed E-state index contributed by atoms with van der Waals surface area (Å²) in [7, 11) is 0. The summed E-state index contributed by atoms with van der Waals surface area (Å²) in [6.07, 6.45) is 3.99. The van der Waals surface area contributed by atoms with Crippen LogP contribution in [0, 0.1) is 5.92 Å². The van der Waals surface area contributed by atoms with E-state index in [0.717, 1.165) is 18.4 Å². The van der Waals surface area contributed by atoms with E-state index in [1.807, 2.05) is 11.3 Å². The first-order chi connectivity index (χ1) is 6.38. The third-order valence-corrected chi connectivity index (χ3v) is 4.10. The summed E-state index contributed by atoms with van der Waals surface area (Å²) in [6, 6.07) is 0. The zero-order valence-electron chi connectivity index (χ0n) is 7.57. The van der Waals surface area contributed by atoms with E-state index in [0.29, 0.717) is 5.92 Å². The molecule has 0 spiro atoms. The summed E-state index contributed by atoms with van der Waals surface area (Å²) in [5, 5.41) is 3.62. The fraction of sp³-hybridized carbons (Fsp3) is 0.700. The average Bonchev–Trinajstić information content (AvgIpc) is 3.06. The van der Waals surface area contributed by atoms with Crippen molar-refractivity contribution in [3.63, 3.8) is 0 Å². The lowest BCUT2D eigenvalue weighted by Crippen LogP contribution is -2.02. The van der Waals surface area contributed by atoms with Crippen LogP contribution in [0.2, 0.25) is 0 Å². The van der Waals surface area contributed by atoms with Gasteiger partial charge < -0.3 is 5.73 Å². The highest BCUT2D eigenvalue weighted by molar-refractivity contribution is 7.09. The summed E-state index contributed by atoms with van der Waals surface area (Å²) < 4.78 is 0. The van der Waals surface area contributed by atoms with E-state index in [1.165, 1.54) is 30.0 Å². The zero-order chi connectivity index (χ0) is 8.84. The fourth-order valence-electron chi connectivity index (χ4n) is 1.86. The van der Waals surface area contributed by atoms with Gasteiger partial charge in [-0.1, -0.05) is 0 Å². The van der Waals surface area contributed by atoms with Crippen molar-refractivity contribution in [2.45, 2.75) is 31.1 Å². The van der Waals surface area contributed by atoms with Crippen LogP contribution in [0.5, 0.6) is 0 Å². The summed E-state index contributed by atoms with van der Waals surface area (Å²) in [5.74, 6) is 2.25.